The van der Waals surface area contributed by atoms with Crippen molar-refractivity contribution in [2.24, 2.45) is 0 Å². The van der Waals surface area contributed by atoms with E-state index in [1.54, 1.807) is 60.5 Å². The van der Waals surface area contributed by atoms with Gasteiger partial charge in [0.2, 0.25) is 6.10 Å². The molecule has 2 amide bonds. The zero-order valence-corrected chi connectivity index (χ0v) is 17.0. The Morgan fingerprint density at radius 3 is 2.27 bits per heavy atom. The number of nitrogens with zero attached hydrogens (tertiary/aromatic N) is 1. The third-order valence-corrected chi connectivity index (χ3v) is 4.99. The van der Waals surface area contributed by atoms with Crippen LogP contribution < -0.4 is 10.1 Å². The molecular weight excluding hydrogens is 384 g/mol. The molecule has 1 N–H and O–H groups in total. The second kappa shape index (κ2) is 10.4. The van der Waals surface area contributed by atoms with Crippen molar-refractivity contribution in [2.45, 2.75) is 25.4 Å². The molecule has 0 aliphatic carbocycles. The van der Waals surface area contributed by atoms with E-state index in [-0.39, 0.29) is 12.5 Å². The lowest BCUT2D eigenvalue weighted by Gasteiger charge is -2.30. The fourth-order valence-corrected chi connectivity index (χ4v) is 3.34. The smallest absolute Gasteiger partial charge is 0.326 e. The van der Waals surface area contributed by atoms with Crippen LogP contribution >= 0.6 is 0 Å². The van der Waals surface area contributed by atoms with Crippen molar-refractivity contribution < 1.29 is 23.9 Å². The Kier molecular flexibility index (Phi) is 7.43. The number of esters is 1. The van der Waals surface area contributed by atoms with Crippen molar-refractivity contribution in [1.82, 2.24) is 10.2 Å². The van der Waals surface area contributed by atoms with E-state index in [2.05, 4.69) is 5.32 Å². The Hall–Kier alpha value is -3.35. The first kappa shape index (κ1) is 21.4. The fourth-order valence-electron chi connectivity index (χ4n) is 3.34. The average Bonchev–Trinajstić information content (AvgIpc) is 2.81. The largest absolute Gasteiger partial charge is 0.497 e. The van der Waals surface area contributed by atoms with E-state index >= 15 is 0 Å². The number of hydrogen-bond donors (Lipinski definition) is 1. The molecule has 7 heteroatoms. The third kappa shape index (κ3) is 5.59. The highest BCUT2D eigenvalue weighted by Gasteiger charge is 2.30. The number of nitrogens with one attached hydrogen (secondary N) is 1. The maximum atomic E-state index is 13.0. The summed E-state index contributed by atoms with van der Waals surface area (Å²) in [7, 11) is 1.54. The molecule has 2 aromatic carbocycles. The molecule has 0 unspecified atom stereocenters. The summed E-state index contributed by atoms with van der Waals surface area (Å²) in [6.07, 6.45) is 1.96. The lowest BCUT2D eigenvalue weighted by Crippen LogP contribution is -2.41. The number of methoxy groups -OCH3 is 1. The minimum atomic E-state index is -1.02. The molecule has 158 valence electrons. The zero-order valence-electron chi connectivity index (χ0n) is 17.0. The van der Waals surface area contributed by atoms with Gasteiger partial charge in [0.05, 0.1) is 7.11 Å². The van der Waals surface area contributed by atoms with Gasteiger partial charge in [-0.05, 0) is 43.5 Å². The Morgan fingerprint density at radius 1 is 0.967 bits per heavy atom. The lowest BCUT2D eigenvalue weighted by atomic mass is 10.1. The summed E-state index contributed by atoms with van der Waals surface area (Å²) in [6, 6.07) is 15.5. The fraction of sp³-hybridized carbons (Fsp3) is 0.348. The quantitative estimate of drug-likeness (QED) is 0.710. The molecular formula is C23H26N2O5. The molecule has 30 heavy (non-hydrogen) atoms. The molecule has 0 aromatic heterocycles. The maximum Gasteiger partial charge on any atom is 0.326 e. The molecule has 1 atom stereocenters. The van der Waals surface area contributed by atoms with Gasteiger partial charge < -0.3 is 19.7 Å². The van der Waals surface area contributed by atoms with Crippen LogP contribution in [0.1, 0.15) is 41.3 Å². The first-order valence-corrected chi connectivity index (χ1v) is 10.0. The number of likely N-dealkylation sites (tertiary alicyclic amines) is 1. The average molecular weight is 410 g/mol. The third-order valence-electron chi connectivity index (χ3n) is 4.99. The van der Waals surface area contributed by atoms with Crippen molar-refractivity contribution in [1.29, 1.82) is 0 Å². The van der Waals surface area contributed by atoms with Crippen molar-refractivity contribution in [3.8, 4) is 5.75 Å². The highest BCUT2D eigenvalue weighted by Crippen LogP contribution is 2.22. The van der Waals surface area contributed by atoms with Crippen LogP contribution in [-0.4, -0.2) is 49.4 Å². The van der Waals surface area contributed by atoms with Crippen LogP contribution in [0.2, 0.25) is 0 Å². The van der Waals surface area contributed by atoms with Crippen LogP contribution in [0.25, 0.3) is 0 Å². The van der Waals surface area contributed by atoms with Gasteiger partial charge in [0.25, 0.3) is 11.8 Å². The monoisotopic (exact) mass is 410 g/mol. The van der Waals surface area contributed by atoms with E-state index in [1.807, 2.05) is 6.07 Å². The van der Waals surface area contributed by atoms with Crippen LogP contribution in [0.5, 0.6) is 5.75 Å². The standard InChI is InChI=1S/C23H26N2O5/c1-29-19-12-10-18(11-13-19)22(27)24-16-20(26)30-21(17-8-4-2-5-9-17)23(28)25-14-6-3-7-15-25/h2,4-5,8-13,21H,3,6-7,14-16H2,1H3,(H,24,27)/t21-/m1/s1. The van der Waals surface area contributed by atoms with Gasteiger partial charge in [-0.3, -0.25) is 14.4 Å². The number of carbonyl (C=O) groups excluding carboxylic acids is 3. The molecule has 2 aromatic rings. The second-order valence-corrected chi connectivity index (χ2v) is 7.08. The highest BCUT2D eigenvalue weighted by molar-refractivity contribution is 5.96. The van der Waals surface area contributed by atoms with Gasteiger partial charge >= 0.3 is 5.97 Å². The molecule has 0 saturated carbocycles. The summed E-state index contributed by atoms with van der Waals surface area (Å²) < 4.78 is 10.6. The van der Waals surface area contributed by atoms with Crippen LogP contribution in [-0.2, 0) is 14.3 Å². The first-order chi connectivity index (χ1) is 14.6. The topological polar surface area (TPSA) is 84.9 Å². The molecule has 0 radical (unpaired) electrons. The predicted octanol–water partition coefficient (Wildman–Crippen LogP) is 2.72. The van der Waals surface area contributed by atoms with E-state index in [9.17, 15) is 14.4 Å². The maximum absolute atomic E-state index is 13.0. The summed E-state index contributed by atoms with van der Waals surface area (Å²) in [5.74, 6) is -0.673. The molecule has 0 bridgehead atoms. The second-order valence-electron chi connectivity index (χ2n) is 7.08. The highest BCUT2D eigenvalue weighted by atomic mass is 16.5. The van der Waals surface area contributed by atoms with Crippen molar-refractivity contribution in [3.05, 3.63) is 65.7 Å². The zero-order chi connectivity index (χ0) is 21.3. The number of carbonyl (C=O) groups is 3. The van der Waals surface area contributed by atoms with E-state index in [0.29, 0.717) is 30.0 Å². The number of piperidine rings is 1. The summed E-state index contributed by atoms with van der Waals surface area (Å²) in [5.41, 5.74) is 1.01. The van der Waals surface area contributed by atoms with Gasteiger partial charge in [0, 0.05) is 24.2 Å². The first-order valence-electron chi connectivity index (χ1n) is 10.0. The van der Waals surface area contributed by atoms with E-state index in [1.165, 1.54) is 0 Å². The van der Waals surface area contributed by atoms with Gasteiger partial charge in [-0.15, -0.1) is 0 Å². The van der Waals surface area contributed by atoms with Crippen LogP contribution in [0.15, 0.2) is 54.6 Å². The van der Waals surface area contributed by atoms with Gasteiger partial charge in [0.15, 0.2) is 0 Å². The molecule has 1 fully saturated rings. The molecule has 1 heterocycles. The minimum absolute atomic E-state index is 0.226. The molecule has 1 aliphatic heterocycles. The molecule has 1 saturated heterocycles. The van der Waals surface area contributed by atoms with Gasteiger partial charge in [-0.2, -0.15) is 0 Å². The van der Waals surface area contributed by atoms with Gasteiger partial charge in [0.1, 0.15) is 12.3 Å². The molecule has 7 nitrogen and oxygen atoms in total. The van der Waals surface area contributed by atoms with Crippen LogP contribution in [0.3, 0.4) is 0 Å². The Bertz CT molecular complexity index is 861. The number of rotatable bonds is 7. The number of ether oxygens (including phenoxy) is 2. The number of amides is 2. The molecule has 1 aliphatic rings. The normalized spacial score (nSPS) is 14.5. The Labute approximate surface area is 176 Å². The van der Waals surface area contributed by atoms with Gasteiger partial charge in [-0.25, -0.2) is 0 Å². The van der Waals surface area contributed by atoms with E-state index in [4.69, 9.17) is 9.47 Å². The molecule has 0 spiro atoms. The van der Waals surface area contributed by atoms with Crippen molar-refractivity contribution >= 4 is 17.8 Å². The lowest BCUT2D eigenvalue weighted by molar-refractivity contribution is -0.160. The molecule has 3 rings (SSSR count). The summed E-state index contributed by atoms with van der Waals surface area (Å²) >= 11 is 0. The van der Waals surface area contributed by atoms with Crippen molar-refractivity contribution in [3.63, 3.8) is 0 Å². The number of hydrogen-bond acceptors (Lipinski definition) is 5. The Morgan fingerprint density at radius 2 is 1.63 bits per heavy atom. The summed E-state index contributed by atoms with van der Waals surface area (Å²) in [6.45, 7) is 0.989. The van der Waals surface area contributed by atoms with E-state index in [0.717, 1.165) is 19.3 Å². The van der Waals surface area contributed by atoms with Crippen LogP contribution in [0.4, 0.5) is 0 Å². The van der Waals surface area contributed by atoms with Crippen LogP contribution in [0, 0.1) is 0 Å². The van der Waals surface area contributed by atoms with E-state index < -0.39 is 18.0 Å². The predicted molar refractivity (Wildman–Crippen MR) is 111 cm³/mol. The SMILES string of the molecule is COc1ccc(C(=O)NCC(=O)O[C@@H](C(=O)N2CCCCC2)c2ccccc2)cc1. The Balaban J connectivity index is 1.62. The summed E-state index contributed by atoms with van der Waals surface area (Å²) in [4.78, 5) is 39.4. The van der Waals surface area contributed by atoms with Crippen molar-refractivity contribution in [2.75, 3.05) is 26.7 Å². The minimum Gasteiger partial charge on any atom is -0.497 e. The van der Waals surface area contributed by atoms with Gasteiger partial charge in [-0.1, -0.05) is 30.3 Å². The summed E-state index contributed by atoms with van der Waals surface area (Å²) in [5, 5.41) is 2.53. The number of benzene rings is 2.